The number of ketones is 1. The molecular formula is C24H23N3O5S. The number of nitrogens with zero attached hydrogens (tertiary/aromatic N) is 2. The fourth-order valence-corrected chi connectivity index (χ4v) is 5.68. The summed E-state index contributed by atoms with van der Waals surface area (Å²) >= 11 is 0. The highest BCUT2D eigenvalue weighted by Gasteiger charge is 2.33. The highest BCUT2D eigenvalue weighted by Crippen LogP contribution is 2.28. The van der Waals surface area contributed by atoms with Crippen LogP contribution < -0.4 is 10.1 Å². The van der Waals surface area contributed by atoms with Crippen molar-refractivity contribution in [1.82, 2.24) is 9.21 Å². The lowest BCUT2D eigenvalue weighted by atomic mass is 10.1. The number of carbonyl (C=O) groups is 2. The lowest BCUT2D eigenvalue weighted by Gasteiger charge is -2.33. The number of piperazine rings is 1. The number of Topliss-reactive ketones (excluding diaryl/α,β-unsaturated/α-hetero) is 1. The van der Waals surface area contributed by atoms with Crippen LogP contribution in [0.2, 0.25) is 0 Å². The number of anilines is 1. The predicted molar refractivity (Wildman–Crippen MR) is 124 cm³/mol. The largest absolute Gasteiger partial charge is 0.492 e. The number of carbonyl (C=O) groups excluding carboxylic acids is 2. The van der Waals surface area contributed by atoms with E-state index in [2.05, 4.69) is 10.2 Å². The number of rotatable bonds is 6. The molecule has 2 aliphatic rings. The summed E-state index contributed by atoms with van der Waals surface area (Å²) in [6.07, 6.45) is 0. The van der Waals surface area contributed by atoms with Crippen molar-refractivity contribution in [3.8, 4) is 5.75 Å². The minimum absolute atomic E-state index is 0.0267. The number of hydrogen-bond donors (Lipinski definition) is 1. The molecule has 0 spiro atoms. The zero-order chi connectivity index (χ0) is 23.0. The minimum atomic E-state index is -3.75. The molecule has 5 rings (SSSR count). The Bertz CT molecular complexity index is 1340. The van der Waals surface area contributed by atoms with Gasteiger partial charge in [0.1, 0.15) is 12.4 Å². The van der Waals surface area contributed by atoms with Gasteiger partial charge in [0.15, 0.2) is 0 Å². The summed E-state index contributed by atoms with van der Waals surface area (Å²) in [6, 6.07) is 18.2. The maximum Gasteiger partial charge on any atom is 0.296 e. The molecule has 0 aliphatic carbocycles. The van der Waals surface area contributed by atoms with Gasteiger partial charge < -0.3 is 10.1 Å². The van der Waals surface area contributed by atoms with Crippen molar-refractivity contribution in [2.75, 3.05) is 44.6 Å². The Labute approximate surface area is 191 Å². The van der Waals surface area contributed by atoms with E-state index in [1.54, 1.807) is 0 Å². The molecule has 170 valence electrons. The van der Waals surface area contributed by atoms with Crippen LogP contribution in [0, 0.1) is 0 Å². The van der Waals surface area contributed by atoms with Crippen molar-refractivity contribution >= 4 is 38.2 Å². The fraction of sp³-hybridized carbons (Fsp3) is 0.250. The number of sulfonamides is 1. The number of amides is 1. The zero-order valence-electron chi connectivity index (χ0n) is 17.9. The molecule has 1 fully saturated rings. The van der Waals surface area contributed by atoms with Crippen molar-refractivity contribution in [2.24, 2.45) is 0 Å². The van der Waals surface area contributed by atoms with Gasteiger partial charge in [0.25, 0.3) is 11.7 Å². The van der Waals surface area contributed by atoms with Gasteiger partial charge in [0.2, 0.25) is 10.0 Å². The average Bonchev–Trinajstić information content (AvgIpc) is 3.12. The molecule has 3 aromatic rings. The summed E-state index contributed by atoms with van der Waals surface area (Å²) in [5, 5.41) is 4.63. The molecule has 1 saturated heterocycles. The van der Waals surface area contributed by atoms with Gasteiger partial charge in [-0.1, -0.05) is 36.4 Å². The quantitative estimate of drug-likeness (QED) is 0.562. The maximum atomic E-state index is 13.1. The van der Waals surface area contributed by atoms with Gasteiger partial charge in [-0.05, 0) is 29.7 Å². The highest BCUT2D eigenvalue weighted by molar-refractivity contribution is 7.89. The first-order valence-electron chi connectivity index (χ1n) is 10.8. The second-order valence-electron chi connectivity index (χ2n) is 8.06. The SMILES string of the molecule is O=C1Nc2ccc(S(=O)(=O)N3CCN(CCOc4cccc5ccccc45)CC3)cc2C1=O. The maximum absolute atomic E-state index is 13.1. The van der Waals surface area contributed by atoms with E-state index in [-0.39, 0.29) is 10.5 Å². The van der Waals surface area contributed by atoms with E-state index in [0.29, 0.717) is 45.0 Å². The molecule has 2 heterocycles. The van der Waals surface area contributed by atoms with Gasteiger partial charge in [0.05, 0.1) is 16.1 Å². The van der Waals surface area contributed by atoms with Crippen LogP contribution in [0.5, 0.6) is 5.75 Å². The number of benzene rings is 3. The fourth-order valence-electron chi connectivity index (χ4n) is 4.23. The lowest BCUT2D eigenvalue weighted by molar-refractivity contribution is -0.112. The molecule has 0 bridgehead atoms. The molecule has 9 heteroatoms. The van der Waals surface area contributed by atoms with Gasteiger partial charge in [-0.25, -0.2) is 8.42 Å². The summed E-state index contributed by atoms with van der Waals surface area (Å²) < 4.78 is 33.6. The van der Waals surface area contributed by atoms with E-state index in [1.807, 2.05) is 42.5 Å². The van der Waals surface area contributed by atoms with E-state index in [4.69, 9.17) is 4.74 Å². The van der Waals surface area contributed by atoms with Gasteiger partial charge >= 0.3 is 0 Å². The molecule has 0 radical (unpaired) electrons. The second kappa shape index (κ2) is 8.58. The van der Waals surface area contributed by atoms with E-state index in [0.717, 1.165) is 16.5 Å². The summed E-state index contributed by atoms with van der Waals surface area (Å²) in [5.74, 6) is -0.606. The predicted octanol–water partition coefficient (Wildman–Crippen LogP) is 2.36. The van der Waals surface area contributed by atoms with Crippen LogP contribution in [0.25, 0.3) is 10.8 Å². The third-order valence-corrected chi connectivity index (χ3v) is 7.97. The summed E-state index contributed by atoms with van der Waals surface area (Å²) in [7, 11) is -3.75. The molecule has 8 nitrogen and oxygen atoms in total. The first-order chi connectivity index (χ1) is 15.9. The topological polar surface area (TPSA) is 96.0 Å². The summed E-state index contributed by atoms with van der Waals surface area (Å²) in [6.45, 7) is 3.06. The minimum Gasteiger partial charge on any atom is -0.492 e. The Morgan fingerprint density at radius 3 is 2.48 bits per heavy atom. The van der Waals surface area contributed by atoms with Crippen LogP contribution in [-0.4, -0.2) is 68.6 Å². The molecule has 0 saturated carbocycles. The molecule has 3 aromatic carbocycles. The van der Waals surface area contributed by atoms with E-state index < -0.39 is 21.7 Å². The average molecular weight is 466 g/mol. The van der Waals surface area contributed by atoms with Crippen molar-refractivity contribution in [1.29, 1.82) is 0 Å². The Hall–Kier alpha value is -3.27. The van der Waals surface area contributed by atoms with Crippen LogP contribution >= 0.6 is 0 Å². The molecule has 0 atom stereocenters. The molecule has 33 heavy (non-hydrogen) atoms. The molecule has 0 unspecified atom stereocenters. The second-order valence-corrected chi connectivity index (χ2v) is 10.0. The van der Waals surface area contributed by atoms with Crippen molar-refractivity contribution in [2.45, 2.75) is 4.90 Å². The van der Waals surface area contributed by atoms with E-state index >= 15 is 0 Å². The van der Waals surface area contributed by atoms with Crippen molar-refractivity contribution in [3.05, 3.63) is 66.2 Å². The number of fused-ring (bicyclic) bond motifs is 2. The third-order valence-electron chi connectivity index (χ3n) is 6.07. The number of nitrogens with one attached hydrogen (secondary N) is 1. The van der Waals surface area contributed by atoms with Gasteiger partial charge in [-0.2, -0.15) is 4.31 Å². The molecule has 1 N–H and O–H groups in total. The first-order valence-corrected chi connectivity index (χ1v) is 12.2. The standard InChI is InChI=1S/C24H23N3O5S/c28-23-20-16-18(8-9-21(20)25-24(23)29)33(30,31)27-12-10-26(11-13-27)14-15-32-22-7-3-5-17-4-1-2-6-19(17)22/h1-9,16H,10-15H2,(H,25,28,29). The van der Waals surface area contributed by atoms with Crippen LogP contribution in [0.4, 0.5) is 5.69 Å². The molecule has 1 amide bonds. The van der Waals surface area contributed by atoms with Gasteiger partial charge in [-0.3, -0.25) is 14.5 Å². The Morgan fingerprint density at radius 1 is 0.909 bits per heavy atom. The zero-order valence-corrected chi connectivity index (χ0v) is 18.7. The Morgan fingerprint density at radius 2 is 1.67 bits per heavy atom. The Balaban J connectivity index is 1.18. The number of hydrogen-bond acceptors (Lipinski definition) is 6. The Kier molecular flexibility index (Phi) is 5.61. The van der Waals surface area contributed by atoms with Crippen molar-refractivity contribution < 1.29 is 22.7 Å². The third kappa shape index (κ3) is 4.10. The van der Waals surface area contributed by atoms with Crippen molar-refractivity contribution in [3.63, 3.8) is 0 Å². The number of ether oxygens (including phenoxy) is 1. The highest BCUT2D eigenvalue weighted by atomic mass is 32.2. The molecular weight excluding hydrogens is 442 g/mol. The normalized spacial score (nSPS) is 17.2. The monoisotopic (exact) mass is 465 g/mol. The molecule has 2 aliphatic heterocycles. The molecule has 0 aromatic heterocycles. The van der Waals surface area contributed by atoms with Crippen LogP contribution in [0.3, 0.4) is 0 Å². The lowest BCUT2D eigenvalue weighted by Crippen LogP contribution is -2.49. The smallest absolute Gasteiger partial charge is 0.296 e. The summed E-state index contributed by atoms with van der Waals surface area (Å²) in [4.78, 5) is 25.7. The van der Waals surface area contributed by atoms with Gasteiger partial charge in [-0.15, -0.1) is 0 Å². The van der Waals surface area contributed by atoms with Crippen LogP contribution in [0.1, 0.15) is 10.4 Å². The van der Waals surface area contributed by atoms with Crippen LogP contribution in [-0.2, 0) is 14.8 Å². The van der Waals surface area contributed by atoms with E-state index in [1.165, 1.54) is 22.5 Å². The summed E-state index contributed by atoms with van der Waals surface area (Å²) in [5.41, 5.74) is 0.449. The van der Waals surface area contributed by atoms with Gasteiger partial charge in [0, 0.05) is 38.1 Å². The first kappa shape index (κ1) is 21.6. The van der Waals surface area contributed by atoms with E-state index in [9.17, 15) is 18.0 Å². The van der Waals surface area contributed by atoms with Crippen LogP contribution in [0.15, 0.2) is 65.6 Å².